The molecular weight excluding hydrogens is 322 g/mol. The van der Waals surface area contributed by atoms with Crippen LogP contribution in [0.4, 0.5) is 10.6 Å². The Morgan fingerprint density at radius 2 is 2.17 bits per heavy atom. The Kier molecular flexibility index (Phi) is 4.94. The molecule has 0 bridgehead atoms. The zero-order chi connectivity index (χ0) is 17.2. The van der Waals surface area contributed by atoms with E-state index in [0.717, 1.165) is 25.2 Å². The van der Waals surface area contributed by atoms with Crippen LogP contribution in [0.5, 0.6) is 0 Å². The molecule has 1 fully saturated rings. The first-order valence-electron chi connectivity index (χ1n) is 8.52. The highest BCUT2D eigenvalue weighted by molar-refractivity contribution is 7.13. The number of carbonyl (C=O) groups excluding carboxylic acids is 1. The van der Waals surface area contributed by atoms with E-state index in [1.165, 1.54) is 28.0 Å². The minimum atomic E-state index is -0.471. The van der Waals surface area contributed by atoms with E-state index in [4.69, 9.17) is 4.74 Å². The van der Waals surface area contributed by atoms with Crippen LogP contribution < -0.4 is 10.2 Å². The lowest BCUT2D eigenvalue weighted by Gasteiger charge is -2.36. The molecule has 0 saturated carbocycles. The van der Waals surface area contributed by atoms with Gasteiger partial charge in [-0.15, -0.1) is 0 Å². The highest BCUT2D eigenvalue weighted by Crippen LogP contribution is 2.33. The summed E-state index contributed by atoms with van der Waals surface area (Å²) < 4.78 is 11.2. The number of anilines is 1. The van der Waals surface area contributed by atoms with Crippen molar-refractivity contribution in [3.63, 3.8) is 0 Å². The first-order valence-corrected chi connectivity index (χ1v) is 9.29. The summed E-state index contributed by atoms with van der Waals surface area (Å²) in [7, 11) is 0. The van der Waals surface area contributed by atoms with E-state index < -0.39 is 5.60 Å². The van der Waals surface area contributed by atoms with E-state index in [1.54, 1.807) is 0 Å². The van der Waals surface area contributed by atoms with Crippen molar-refractivity contribution in [3.05, 3.63) is 24.3 Å². The largest absolute Gasteiger partial charge is 0.444 e. The molecule has 2 aromatic rings. The molecular formula is C18H25N3O2S. The van der Waals surface area contributed by atoms with Crippen LogP contribution in [0.25, 0.3) is 10.1 Å². The van der Waals surface area contributed by atoms with E-state index in [-0.39, 0.29) is 12.1 Å². The summed E-state index contributed by atoms with van der Waals surface area (Å²) in [5, 5.41) is 4.12. The predicted molar refractivity (Wildman–Crippen MR) is 98.8 cm³/mol. The second kappa shape index (κ2) is 6.97. The van der Waals surface area contributed by atoms with Gasteiger partial charge in [0.2, 0.25) is 0 Å². The van der Waals surface area contributed by atoms with E-state index >= 15 is 0 Å². The number of hydrogen-bond acceptors (Lipinski definition) is 5. The highest BCUT2D eigenvalue weighted by Gasteiger charge is 2.27. The number of amides is 1. The van der Waals surface area contributed by atoms with Crippen LogP contribution in [0, 0.1) is 0 Å². The fourth-order valence-electron chi connectivity index (χ4n) is 3.09. The monoisotopic (exact) mass is 347 g/mol. The molecule has 0 aliphatic carbocycles. The fourth-order valence-corrected chi connectivity index (χ4v) is 3.87. The molecule has 1 saturated heterocycles. The highest BCUT2D eigenvalue weighted by atomic mass is 32.1. The molecule has 1 N–H and O–H groups in total. The standard InChI is InChI=1S/C18H25N3O2S/c1-18(2,3)23-17(22)19-12-13-8-6-7-11-21(13)16-14-9-4-5-10-15(14)24-20-16/h4-5,9-10,13H,6-8,11-12H2,1-3H3,(H,19,22)/t13-/m0/s1. The number of rotatable bonds is 3. The first-order chi connectivity index (χ1) is 11.4. The molecule has 1 amide bonds. The van der Waals surface area contributed by atoms with Crippen LogP contribution in [-0.2, 0) is 4.74 Å². The van der Waals surface area contributed by atoms with Crippen molar-refractivity contribution in [2.24, 2.45) is 0 Å². The lowest BCUT2D eigenvalue weighted by molar-refractivity contribution is 0.0523. The number of ether oxygens (including phenoxy) is 1. The van der Waals surface area contributed by atoms with Gasteiger partial charge in [-0.3, -0.25) is 0 Å². The van der Waals surface area contributed by atoms with Crippen molar-refractivity contribution in [1.29, 1.82) is 0 Å². The van der Waals surface area contributed by atoms with Crippen LogP contribution in [0.15, 0.2) is 24.3 Å². The minimum absolute atomic E-state index is 0.261. The third kappa shape index (κ3) is 3.98. The number of alkyl carbamates (subject to hydrolysis) is 1. The van der Waals surface area contributed by atoms with Gasteiger partial charge in [-0.2, -0.15) is 4.37 Å². The average molecular weight is 347 g/mol. The van der Waals surface area contributed by atoms with Crippen LogP contribution in [0.1, 0.15) is 40.0 Å². The van der Waals surface area contributed by atoms with Gasteiger partial charge in [-0.05, 0) is 63.7 Å². The second-order valence-electron chi connectivity index (χ2n) is 7.23. The molecule has 1 aliphatic heterocycles. The van der Waals surface area contributed by atoms with Crippen LogP contribution in [0.3, 0.4) is 0 Å². The van der Waals surface area contributed by atoms with E-state index in [9.17, 15) is 4.79 Å². The minimum Gasteiger partial charge on any atom is -0.444 e. The van der Waals surface area contributed by atoms with Gasteiger partial charge in [0, 0.05) is 24.5 Å². The number of nitrogens with one attached hydrogen (secondary N) is 1. The zero-order valence-electron chi connectivity index (χ0n) is 14.5. The van der Waals surface area contributed by atoms with E-state index in [1.807, 2.05) is 26.8 Å². The topological polar surface area (TPSA) is 54.5 Å². The Morgan fingerprint density at radius 3 is 2.96 bits per heavy atom. The van der Waals surface area contributed by atoms with E-state index in [0.29, 0.717) is 6.54 Å². The van der Waals surface area contributed by atoms with Gasteiger partial charge in [-0.25, -0.2) is 4.79 Å². The molecule has 1 aromatic carbocycles. The van der Waals surface area contributed by atoms with Gasteiger partial charge in [-0.1, -0.05) is 12.1 Å². The number of fused-ring (bicyclic) bond motifs is 1. The molecule has 0 radical (unpaired) electrons. The number of carbonyl (C=O) groups is 1. The summed E-state index contributed by atoms with van der Waals surface area (Å²) >= 11 is 1.54. The maximum Gasteiger partial charge on any atom is 0.407 e. The second-order valence-corrected chi connectivity index (χ2v) is 8.03. The van der Waals surface area contributed by atoms with Gasteiger partial charge < -0.3 is 15.0 Å². The molecule has 5 nitrogen and oxygen atoms in total. The molecule has 0 spiro atoms. The van der Waals surface area contributed by atoms with Crippen molar-refractivity contribution < 1.29 is 9.53 Å². The molecule has 0 unspecified atom stereocenters. The molecule has 1 atom stereocenters. The Labute approximate surface area is 147 Å². The summed E-state index contributed by atoms with van der Waals surface area (Å²) in [6, 6.07) is 8.59. The van der Waals surface area contributed by atoms with Crippen molar-refractivity contribution >= 4 is 33.5 Å². The maximum absolute atomic E-state index is 11.9. The first kappa shape index (κ1) is 17.0. The Bertz CT molecular complexity index is 708. The number of benzene rings is 1. The van der Waals surface area contributed by atoms with Gasteiger partial charge in [0.15, 0.2) is 0 Å². The maximum atomic E-state index is 11.9. The zero-order valence-corrected chi connectivity index (χ0v) is 15.4. The molecule has 2 heterocycles. The quantitative estimate of drug-likeness (QED) is 0.905. The summed E-state index contributed by atoms with van der Waals surface area (Å²) in [5.74, 6) is 1.05. The normalized spacial score (nSPS) is 18.6. The van der Waals surface area contributed by atoms with Gasteiger partial charge in [0.05, 0.1) is 4.70 Å². The fraction of sp³-hybridized carbons (Fsp3) is 0.556. The number of nitrogens with zero attached hydrogens (tertiary/aromatic N) is 2. The van der Waals surface area contributed by atoms with Crippen molar-refractivity contribution in [2.75, 3.05) is 18.0 Å². The van der Waals surface area contributed by atoms with Gasteiger partial charge >= 0.3 is 6.09 Å². The summed E-state index contributed by atoms with van der Waals surface area (Å²) in [6.07, 6.45) is 3.05. The number of piperidine rings is 1. The third-order valence-electron chi connectivity index (χ3n) is 4.14. The van der Waals surface area contributed by atoms with Crippen molar-refractivity contribution in [1.82, 2.24) is 9.69 Å². The summed E-state index contributed by atoms with van der Waals surface area (Å²) in [4.78, 5) is 14.3. The predicted octanol–water partition coefficient (Wildman–Crippen LogP) is 4.18. The lowest BCUT2D eigenvalue weighted by atomic mass is 10.0. The Balaban J connectivity index is 1.71. The smallest absolute Gasteiger partial charge is 0.407 e. The van der Waals surface area contributed by atoms with Crippen LogP contribution in [-0.4, -0.2) is 35.2 Å². The molecule has 24 heavy (non-hydrogen) atoms. The molecule has 130 valence electrons. The Hall–Kier alpha value is -1.82. The van der Waals surface area contributed by atoms with Crippen molar-refractivity contribution in [2.45, 2.75) is 51.7 Å². The summed E-state index contributed by atoms with van der Waals surface area (Å²) in [6.45, 7) is 7.19. The van der Waals surface area contributed by atoms with E-state index in [2.05, 4.69) is 32.8 Å². The SMILES string of the molecule is CC(C)(C)OC(=O)NC[C@@H]1CCCCN1c1nsc2ccccc12. The average Bonchev–Trinajstić information content (AvgIpc) is 2.95. The van der Waals surface area contributed by atoms with Crippen LogP contribution >= 0.6 is 11.5 Å². The molecule has 3 rings (SSSR count). The van der Waals surface area contributed by atoms with Gasteiger partial charge in [0.1, 0.15) is 11.4 Å². The van der Waals surface area contributed by atoms with Crippen molar-refractivity contribution in [3.8, 4) is 0 Å². The number of hydrogen-bond donors (Lipinski definition) is 1. The number of aromatic nitrogens is 1. The van der Waals surface area contributed by atoms with Crippen LogP contribution in [0.2, 0.25) is 0 Å². The van der Waals surface area contributed by atoms with Gasteiger partial charge in [0.25, 0.3) is 0 Å². The molecule has 1 aromatic heterocycles. The molecule has 1 aliphatic rings. The Morgan fingerprint density at radius 1 is 1.38 bits per heavy atom. The third-order valence-corrected chi connectivity index (χ3v) is 4.96. The summed E-state index contributed by atoms with van der Waals surface area (Å²) in [5.41, 5.74) is -0.471. The molecule has 6 heteroatoms. The lowest BCUT2D eigenvalue weighted by Crippen LogP contribution is -2.47.